The molecule has 4 aromatic rings. The van der Waals surface area contributed by atoms with Crippen LogP contribution in [-0.4, -0.2) is 30.9 Å². The van der Waals surface area contributed by atoms with Gasteiger partial charge in [-0.1, -0.05) is 35.9 Å². The maximum Gasteiger partial charge on any atom is 0.253 e. The summed E-state index contributed by atoms with van der Waals surface area (Å²) in [4.78, 5) is 13.8. The molecule has 0 unspecified atom stereocenters. The van der Waals surface area contributed by atoms with E-state index in [1.165, 1.54) is 11.8 Å². The Labute approximate surface area is 191 Å². The van der Waals surface area contributed by atoms with Crippen molar-refractivity contribution in [3.63, 3.8) is 0 Å². The first-order chi connectivity index (χ1) is 16.1. The molecule has 0 saturated carbocycles. The molecule has 1 aliphatic rings. The summed E-state index contributed by atoms with van der Waals surface area (Å²) in [7, 11) is 0. The largest absolute Gasteiger partial charge is 0.403 e. The number of pyridine rings is 1. The molecule has 8 nitrogen and oxygen atoms in total. The number of aromatic nitrogens is 5. The number of nitrogens with zero attached hydrogens (tertiary/aromatic N) is 5. The Hall–Kier alpha value is -4.59. The highest BCUT2D eigenvalue weighted by atomic mass is 15.3. The van der Waals surface area contributed by atoms with Gasteiger partial charge in [-0.2, -0.15) is 10.1 Å². The summed E-state index contributed by atoms with van der Waals surface area (Å²) in [5, 5.41) is 15.3. The summed E-state index contributed by atoms with van der Waals surface area (Å²) < 4.78 is 1.66. The van der Waals surface area contributed by atoms with E-state index in [9.17, 15) is 0 Å². The number of hydrogen-bond acceptors (Lipinski definition) is 7. The zero-order chi connectivity index (χ0) is 22.8. The summed E-state index contributed by atoms with van der Waals surface area (Å²) in [6.45, 7) is 2.06. The Kier molecular flexibility index (Phi) is 5.24. The van der Waals surface area contributed by atoms with Crippen LogP contribution in [0.15, 0.2) is 73.1 Å². The average Bonchev–Trinajstić information content (AvgIpc) is 3.51. The van der Waals surface area contributed by atoms with Crippen molar-refractivity contribution < 1.29 is 0 Å². The Morgan fingerprint density at radius 3 is 2.76 bits per heavy atom. The van der Waals surface area contributed by atoms with Crippen LogP contribution in [0.4, 0.5) is 5.82 Å². The Balaban J connectivity index is 1.57. The molecule has 5 rings (SSSR count). The Bertz CT molecular complexity index is 1400. The van der Waals surface area contributed by atoms with E-state index < -0.39 is 0 Å². The minimum atomic E-state index is 0.431. The number of hydrogen-bond donors (Lipinski definition) is 3. The monoisotopic (exact) mass is 434 g/mol. The van der Waals surface area contributed by atoms with Crippen molar-refractivity contribution in [2.24, 2.45) is 5.73 Å². The second-order valence-corrected chi connectivity index (χ2v) is 7.76. The lowest BCUT2D eigenvalue weighted by Gasteiger charge is -2.12. The van der Waals surface area contributed by atoms with E-state index in [1.807, 2.05) is 36.7 Å². The van der Waals surface area contributed by atoms with Gasteiger partial charge in [-0.3, -0.25) is 4.98 Å². The topological polar surface area (TPSA) is 118 Å². The normalized spacial score (nSPS) is 12.9. The highest BCUT2D eigenvalue weighted by Crippen LogP contribution is 2.34. The van der Waals surface area contributed by atoms with Crippen molar-refractivity contribution in [1.29, 1.82) is 5.41 Å². The fourth-order valence-electron chi connectivity index (χ4n) is 3.80. The minimum absolute atomic E-state index is 0.431. The highest BCUT2D eigenvalue weighted by Gasteiger charge is 2.23. The van der Waals surface area contributed by atoms with Gasteiger partial charge in [0.1, 0.15) is 5.82 Å². The molecular weight excluding hydrogens is 412 g/mol. The van der Waals surface area contributed by atoms with Crippen molar-refractivity contribution in [2.45, 2.75) is 13.3 Å². The number of nitrogens with one attached hydrogen (secondary N) is 2. The van der Waals surface area contributed by atoms with E-state index in [-0.39, 0.29) is 0 Å². The molecule has 0 spiro atoms. The highest BCUT2D eigenvalue weighted by molar-refractivity contribution is 5.90. The number of rotatable bonds is 6. The van der Waals surface area contributed by atoms with Crippen molar-refractivity contribution in [2.75, 3.05) is 5.32 Å². The van der Waals surface area contributed by atoms with Gasteiger partial charge >= 0.3 is 0 Å². The van der Waals surface area contributed by atoms with Crippen LogP contribution in [0.3, 0.4) is 0 Å². The molecule has 8 heteroatoms. The van der Waals surface area contributed by atoms with Crippen LogP contribution in [-0.2, 0) is 6.42 Å². The van der Waals surface area contributed by atoms with Crippen LogP contribution < -0.4 is 11.1 Å². The lowest BCUT2D eigenvalue weighted by Crippen LogP contribution is -2.12. The molecule has 1 aromatic carbocycles. The van der Waals surface area contributed by atoms with E-state index in [0.717, 1.165) is 39.7 Å². The van der Waals surface area contributed by atoms with Gasteiger partial charge in [0.15, 0.2) is 0 Å². The second kappa shape index (κ2) is 8.51. The molecule has 3 aromatic heterocycles. The fraction of sp³-hybridized carbons (Fsp3) is 0.0800. The number of nitrogens with two attached hydrogens (primary N) is 1. The molecule has 0 saturated heterocycles. The van der Waals surface area contributed by atoms with Gasteiger partial charge in [0.05, 0.1) is 17.6 Å². The van der Waals surface area contributed by atoms with Gasteiger partial charge in [0, 0.05) is 48.6 Å². The zero-order valence-electron chi connectivity index (χ0n) is 18.0. The van der Waals surface area contributed by atoms with Gasteiger partial charge < -0.3 is 16.5 Å². The van der Waals surface area contributed by atoms with Crippen LogP contribution >= 0.6 is 0 Å². The maximum absolute atomic E-state index is 7.60. The molecule has 0 aliphatic heterocycles. The van der Waals surface area contributed by atoms with Crippen LogP contribution in [0, 0.1) is 12.3 Å². The smallest absolute Gasteiger partial charge is 0.253 e. The van der Waals surface area contributed by atoms with Crippen LogP contribution in [0.1, 0.15) is 22.4 Å². The number of benzene rings is 1. The first kappa shape index (κ1) is 20.3. The summed E-state index contributed by atoms with van der Waals surface area (Å²) in [5.41, 5.74) is 13.2. The van der Waals surface area contributed by atoms with E-state index in [4.69, 9.17) is 21.1 Å². The molecule has 33 heavy (non-hydrogen) atoms. The van der Waals surface area contributed by atoms with Gasteiger partial charge in [-0.05, 0) is 35.8 Å². The first-order valence-electron chi connectivity index (χ1n) is 10.5. The van der Waals surface area contributed by atoms with Crippen molar-refractivity contribution >= 4 is 23.7 Å². The van der Waals surface area contributed by atoms with E-state index >= 15 is 0 Å². The Morgan fingerprint density at radius 1 is 1.12 bits per heavy atom. The fourth-order valence-corrected chi connectivity index (χ4v) is 3.80. The molecule has 1 aliphatic carbocycles. The molecular formula is C25H22N8. The predicted molar refractivity (Wildman–Crippen MR) is 130 cm³/mol. The van der Waals surface area contributed by atoms with Crippen LogP contribution in [0.2, 0.25) is 0 Å². The lowest BCUT2D eigenvalue weighted by molar-refractivity contribution is 0.805. The summed E-state index contributed by atoms with van der Waals surface area (Å²) >= 11 is 0. The first-order valence-corrected chi connectivity index (χ1v) is 10.5. The standard InChI is InChI=1S/C25H22N8/c1-16-4-2-5-17(8-16)20-14-29-33(15-20)25-31-23-10-19(18-6-3-7-28-13-18)9-22(23)24(32-25)30-21(11-26)12-27/h2-8,10-15,26H,9,27H2,1H3,(H,30,31,32)/b21-12+,26-11?. The van der Waals surface area contributed by atoms with Gasteiger partial charge in [0.25, 0.3) is 5.95 Å². The molecule has 4 N–H and O–H groups in total. The third-order valence-corrected chi connectivity index (χ3v) is 5.47. The third kappa shape index (κ3) is 4.01. The third-order valence-electron chi connectivity index (χ3n) is 5.47. The minimum Gasteiger partial charge on any atom is -0.403 e. The summed E-state index contributed by atoms with van der Waals surface area (Å²) in [5.74, 6) is 1.03. The number of aryl methyl sites for hydroxylation is 1. The number of anilines is 1. The molecule has 162 valence electrons. The number of fused-ring (bicyclic) bond motifs is 1. The van der Waals surface area contributed by atoms with Gasteiger partial charge in [-0.15, -0.1) is 0 Å². The molecule has 0 fully saturated rings. The van der Waals surface area contributed by atoms with E-state index in [1.54, 1.807) is 17.1 Å². The number of allylic oxidation sites excluding steroid dienone is 2. The van der Waals surface area contributed by atoms with Gasteiger partial charge in [0.2, 0.25) is 0 Å². The zero-order valence-corrected chi connectivity index (χ0v) is 18.0. The second-order valence-electron chi connectivity index (χ2n) is 7.76. The Morgan fingerprint density at radius 2 is 2.00 bits per heavy atom. The van der Waals surface area contributed by atoms with Crippen molar-refractivity contribution in [3.8, 4) is 17.1 Å². The maximum atomic E-state index is 7.60. The van der Waals surface area contributed by atoms with Crippen molar-refractivity contribution in [1.82, 2.24) is 24.7 Å². The SMILES string of the molecule is Cc1cccc(-c2cnn(-c3nc4c(c(N/C(C=N)=C/N)n3)CC(c3cccnc3)=C4)c2)c1. The van der Waals surface area contributed by atoms with E-state index in [0.29, 0.717) is 23.9 Å². The quantitative estimate of drug-likeness (QED) is 0.395. The van der Waals surface area contributed by atoms with Gasteiger partial charge in [-0.25, -0.2) is 9.67 Å². The van der Waals surface area contributed by atoms with Crippen LogP contribution in [0.5, 0.6) is 0 Å². The van der Waals surface area contributed by atoms with Crippen LogP contribution in [0.25, 0.3) is 28.7 Å². The summed E-state index contributed by atoms with van der Waals surface area (Å²) in [6, 6.07) is 12.2. The molecule has 3 heterocycles. The summed E-state index contributed by atoms with van der Waals surface area (Å²) in [6.07, 6.45) is 12.5. The molecule has 0 atom stereocenters. The molecule has 0 radical (unpaired) electrons. The predicted octanol–water partition coefficient (Wildman–Crippen LogP) is 3.99. The lowest BCUT2D eigenvalue weighted by atomic mass is 10.1. The average molecular weight is 435 g/mol. The van der Waals surface area contributed by atoms with E-state index in [2.05, 4.69) is 40.5 Å². The van der Waals surface area contributed by atoms with Crippen molar-refractivity contribution in [3.05, 3.63) is 95.5 Å². The molecule has 0 bridgehead atoms. The molecule has 0 amide bonds.